The second kappa shape index (κ2) is 6.96. The summed E-state index contributed by atoms with van der Waals surface area (Å²) in [5, 5.41) is 3.79. The maximum atomic E-state index is 3.79. The van der Waals surface area contributed by atoms with Crippen molar-refractivity contribution < 1.29 is 0 Å². The summed E-state index contributed by atoms with van der Waals surface area (Å²) in [7, 11) is 0. The molecule has 1 N–H and O–H groups in total. The van der Waals surface area contributed by atoms with Crippen molar-refractivity contribution in [1.82, 2.24) is 5.32 Å². The van der Waals surface area contributed by atoms with Crippen LogP contribution in [0.4, 0.5) is 0 Å². The van der Waals surface area contributed by atoms with Gasteiger partial charge in [0.1, 0.15) is 0 Å². The molecule has 0 saturated heterocycles. The summed E-state index contributed by atoms with van der Waals surface area (Å²) in [6, 6.07) is 9.91. The van der Waals surface area contributed by atoms with Crippen LogP contribution in [0.25, 0.3) is 0 Å². The summed E-state index contributed by atoms with van der Waals surface area (Å²) in [5.74, 6) is 2.79. The van der Waals surface area contributed by atoms with E-state index in [9.17, 15) is 0 Å². The Kier molecular flexibility index (Phi) is 5.00. The standard InChI is InChI=1S/C20H31N/c1-15-3-7-17(8-4-15)11-12-21-20-13-19(14-20)18-9-5-16(2)6-10-18/h5-6,9-10,15,17,19-21H,3-4,7-8,11-14H2,1-2H3. The SMILES string of the molecule is Cc1ccc(C2CC(NCCC3CCC(C)CC3)C2)cc1. The van der Waals surface area contributed by atoms with Crippen LogP contribution >= 0.6 is 0 Å². The minimum atomic E-state index is 0.777. The Balaban J connectivity index is 1.31. The van der Waals surface area contributed by atoms with Gasteiger partial charge in [-0.3, -0.25) is 0 Å². The maximum Gasteiger partial charge on any atom is 0.00787 e. The Morgan fingerprint density at radius 2 is 1.67 bits per heavy atom. The lowest BCUT2D eigenvalue weighted by Gasteiger charge is -2.37. The van der Waals surface area contributed by atoms with E-state index < -0.39 is 0 Å². The number of aryl methyl sites for hydroxylation is 1. The molecule has 2 saturated carbocycles. The molecule has 1 heteroatoms. The summed E-state index contributed by atoms with van der Waals surface area (Å²) < 4.78 is 0. The molecule has 0 aromatic heterocycles. The molecule has 0 heterocycles. The third kappa shape index (κ3) is 4.10. The van der Waals surface area contributed by atoms with Crippen LogP contribution in [-0.4, -0.2) is 12.6 Å². The second-order valence-electron chi connectivity index (χ2n) is 7.64. The Morgan fingerprint density at radius 1 is 1.00 bits per heavy atom. The monoisotopic (exact) mass is 285 g/mol. The first-order valence-electron chi connectivity index (χ1n) is 9.00. The van der Waals surface area contributed by atoms with E-state index in [2.05, 4.69) is 43.4 Å². The first-order chi connectivity index (χ1) is 10.2. The first kappa shape index (κ1) is 15.1. The largest absolute Gasteiger partial charge is 0.314 e. The van der Waals surface area contributed by atoms with Crippen LogP contribution in [0.15, 0.2) is 24.3 Å². The van der Waals surface area contributed by atoms with Crippen molar-refractivity contribution in [2.45, 2.75) is 70.8 Å². The molecule has 2 fully saturated rings. The van der Waals surface area contributed by atoms with Crippen molar-refractivity contribution in [3.63, 3.8) is 0 Å². The summed E-state index contributed by atoms with van der Waals surface area (Å²) in [4.78, 5) is 0. The van der Waals surface area contributed by atoms with Gasteiger partial charge in [0.2, 0.25) is 0 Å². The third-order valence-electron chi connectivity index (χ3n) is 5.81. The zero-order valence-electron chi connectivity index (χ0n) is 13.8. The highest BCUT2D eigenvalue weighted by Crippen LogP contribution is 2.37. The number of benzene rings is 1. The molecule has 1 nitrogen and oxygen atoms in total. The van der Waals surface area contributed by atoms with Gasteiger partial charge in [-0.05, 0) is 56.0 Å². The van der Waals surface area contributed by atoms with E-state index in [1.54, 1.807) is 5.56 Å². The molecule has 2 aliphatic carbocycles. The van der Waals surface area contributed by atoms with Gasteiger partial charge in [-0.25, -0.2) is 0 Å². The van der Waals surface area contributed by atoms with Crippen molar-refractivity contribution in [1.29, 1.82) is 0 Å². The summed E-state index contributed by atoms with van der Waals surface area (Å²) in [6.07, 6.45) is 9.94. The topological polar surface area (TPSA) is 12.0 Å². The van der Waals surface area contributed by atoms with Crippen LogP contribution in [0.5, 0.6) is 0 Å². The fourth-order valence-corrected chi connectivity index (χ4v) is 4.00. The van der Waals surface area contributed by atoms with Crippen molar-refractivity contribution in [3.8, 4) is 0 Å². The first-order valence-corrected chi connectivity index (χ1v) is 9.00. The molecule has 0 amide bonds. The molecule has 0 aliphatic heterocycles. The van der Waals surface area contributed by atoms with Gasteiger partial charge >= 0.3 is 0 Å². The van der Waals surface area contributed by atoms with Crippen LogP contribution in [0.3, 0.4) is 0 Å². The zero-order chi connectivity index (χ0) is 14.7. The van der Waals surface area contributed by atoms with Crippen molar-refractivity contribution in [2.75, 3.05) is 6.54 Å². The van der Waals surface area contributed by atoms with Gasteiger partial charge in [0, 0.05) is 6.04 Å². The molecule has 0 atom stereocenters. The molecule has 1 aromatic rings. The van der Waals surface area contributed by atoms with E-state index in [0.29, 0.717) is 0 Å². The number of hydrogen-bond donors (Lipinski definition) is 1. The predicted octanol–water partition coefficient (Wildman–Crippen LogP) is 5.05. The Bertz CT molecular complexity index is 422. The van der Waals surface area contributed by atoms with E-state index >= 15 is 0 Å². The van der Waals surface area contributed by atoms with Gasteiger partial charge in [-0.15, -0.1) is 0 Å². The van der Waals surface area contributed by atoms with Crippen LogP contribution in [0, 0.1) is 18.8 Å². The lowest BCUT2D eigenvalue weighted by atomic mass is 9.75. The highest BCUT2D eigenvalue weighted by atomic mass is 14.9. The Labute approximate surface area is 130 Å². The minimum absolute atomic E-state index is 0.777. The average Bonchev–Trinajstić information content (AvgIpc) is 2.45. The van der Waals surface area contributed by atoms with E-state index in [0.717, 1.165) is 23.8 Å². The summed E-state index contributed by atoms with van der Waals surface area (Å²) >= 11 is 0. The molecule has 1 aromatic carbocycles. The Hall–Kier alpha value is -0.820. The second-order valence-corrected chi connectivity index (χ2v) is 7.64. The van der Waals surface area contributed by atoms with Crippen molar-refractivity contribution in [2.24, 2.45) is 11.8 Å². The van der Waals surface area contributed by atoms with Gasteiger partial charge in [-0.2, -0.15) is 0 Å². The van der Waals surface area contributed by atoms with E-state index in [-0.39, 0.29) is 0 Å². The van der Waals surface area contributed by atoms with Crippen molar-refractivity contribution in [3.05, 3.63) is 35.4 Å². The molecule has 0 radical (unpaired) electrons. The molecule has 21 heavy (non-hydrogen) atoms. The van der Waals surface area contributed by atoms with Gasteiger partial charge in [0.15, 0.2) is 0 Å². The molecule has 116 valence electrons. The summed E-state index contributed by atoms with van der Waals surface area (Å²) in [5.41, 5.74) is 2.91. The maximum absolute atomic E-state index is 3.79. The van der Waals surface area contributed by atoms with Crippen molar-refractivity contribution >= 4 is 0 Å². The molecular weight excluding hydrogens is 254 g/mol. The zero-order valence-corrected chi connectivity index (χ0v) is 13.8. The smallest absolute Gasteiger partial charge is 0.00787 e. The fraction of sp³-hybridized carbons (Fsp3) is 0.700. The molecule has 2 aliphatic rings. The number of rotatable bonds is 5. The normalized spacial score (nSPS) is 32.7. The highest BCUT2D eigenvalue weighted by molar-refractivity contribution is 5.26. The lowest BCUT2D eigenvalue weighted by molar-refractivity contribution is 0.251. The fourth-order valence-electron chi connectivity index (χ4n) is 4.00. The molecule has 0 spiro atoms. The predicted molar refractivity (Wildman–Crippen MR) is 90.7 cm³/mol. The van der Waals surface area contributed by atoms with Crippen LogP contribution in [-0.2, 0) is 0 Å². The highest BCUT2D eigenvalue weighted by Gasteiger charge is 2.29. The van der Waals surface area contributed by atoms with Crippen LogP contribution in [0.2, 0.25) is 0 Å². The Morgan fingerprint density at radius 3 is 2.33 bits per heavy atom. The molecule has 0 bridgehead atoms. The van der Waals surface area contributed by atoms with E-state index in [1.165, 1.54) is 57.1 Å². The quantitative estimate of drug-likeness (QED) is 0.798. The minimum Gasteiger partial charge on any atom is -0.314 e. The van der Waals surface area contributed by atoms with Gasteiger partial charge in [-0.1, -0.05) is 62.4 Å². The van der Waals surface area contributed by atoms with E-state index in [4.69, 9.17) is 0 Å². The van der Waals surface area contributed by atoms with Crippen LogP contribution < -0.4 is 5.32 Å². The van der Waals surface area contributed by atoms with Gasteiger partial charge in [0.25, 0.3) is 0 Å². The van der Waals surface area contributed by atoms with Crippen LogP contribution in [0.1, 0.15) is 68.9 Å². The van der Waals surface area contributed by atoms with Gasteiger partial charge < -0.3 is 5.32 Å². The van der Waals surface area contributed by atoms with Gasteiger partial charge in [0.05, 0.1) is 0 Å². The number of hydrogen-bond acceptors (Lipinski definition) is 1. The molecule has 3 rings (SSSR count). The molecule has 0 unspecified atom stereocenters. The number of nitrogens with one attached hydrogen (secondary N) is 1. The third-order valence-corrected chi connectivity index (χ3v) is 5.81. The average molecular weight is 285 g/mol. The lowest BCUT2D eigenvalue weighted by Crippen LogP contribution is -2.41. The van der Waals surface area contributed by atoms with E-state index in [1.807, 2.05) is 0 Å². The molecular formula is C20H31N. The summed E-state index contributed by atoms with van der Waals surface area (Å²) in [6.45, 7) is 5.82.